The molecule has 3 nitrogen and oxygen atoms in total. The summed E-state index contributed by atoms with van der Waals surface area (Å²) in [6.07, 6.45) is 1.03. The van der Waals surface area contributed by atoms with Crippen molar-refractivity contribution in [2.24, 2.45) is 0 Å². The predicted octanol–water partition coefficient (Wildman–Crippen LogP) is 2.81. The molecule has 0 spiro atoms. The molecule has 1 aliphatic heterocycles. The van der Waals surface area contributed by atoms with Crippen molar-refractivity contribution >= 4 is 11.8 Å². The van der Waals surface area contributed by atoms with Crippen molar-refractivity contribution in [2.75, 3.05) is 4.90 Å². The Morgan fingerprint density at radius 3 is 2.93 bits per heavy atom. The van der Waals surface area contributed by atoms with Gasteiger partial charge in [0, 0.05) is 6.04 Å². The lowest BCUT2D eigenvalue weighted by Crippen LogP contribution is -2.41. The van der Waals surface area contributed by atoms with Gasteiger partial charge in [0.2, 0.25) is 0 Å². The smallest absolute Gasteiger partial charge is 0.412 e. The number of hydrogen-bond acceptors (Lipinski definition) is 1. The number of benzene rings is 1. The number of carboxylic acid groups (broad SMARTS) is 1. The zero-order valence-electron chi connectivity index (χ0n) is 9.03. The molecular formula is C12H15NO2. The summed E-state index contributed by atoms with van der Waals surface area (Å²) in [5.41, 5.74) is 3.19. The van der Waals surface area contributed by atoms with Crippen LogP contribution in [-0.4, -0.2) is 17.2 Å². The molecule has 0 bridgehead atoms. The molecular weight excluding hydrogens is 190 g/mol. The summed E-state index contributed by atoms with van der Waals surface area (Å²) >= 11 is 0. The van der Waals surface area contributed by atoms with Crippen molar-refractivity contribution < 1.29 is 9.90 Å². The van der Waals surface area contributed by atoms with Gasteiger partial charge in [0.05, 0.1) is 5.69 Å². The number of rotatable bonds is 0. The normalized spacial score (nSPS) is 19.9. The van der Waals surface area contributed by atoms with Crippen LogP contribution >= 0.6 is 0 Å². The van der Waals surface area contributed by atoms with Crippen LogP contribution in [0.15, 0.2) is 18.2 Å². The highest BCUT2D eigenvalue weighted by molar-refractivity contribution is 5.88. The number of hydrogen-bond donors (Lipinski definition) is 1. The fraction of sp³-hybridized carbons (Fsp3) is 0.417. The third-order valence-electron chi connectivity index (χ3n) is 2.97. The van der Waals surface area contributed by atoms with Gasteiger partial charge in [-0.3, -0.25) is 4.90 Å². The van der Waals surface area contributed by atoms with Crippen molar-refractivity contribution in [3.05, 3.63) is 29.3 Å². The first-order valence-electron chi connectivity index (χ1n) is 5.21. The van der Waals surface area contributed by atoms with Crippen LogP contribution in [0, 0.1) is 6.92 Å². The second kappa shape index (κ2) is 3.57. The molecule has 0 saturated heterocycles. The van der Waals surface area contributed by atoms with E-state index in [1.165, 1.54) is 10.5 Å². The zero-order valence-corrected chi connectivity index (χ0v) is 9.03. The van der Waals surface area contributed by atoms with E-state index in [2.05, 4.69) is 6.07 Å². The van der Waals surface area contributed by atoms with Crippen molar-refractivity contribution in [3.63, 3.8) is 0 Å². The average Bonchev–Trinajstić information content (AvgIpc) is 2.17. The third-order valence-corrected chi connectivity index (χ3v) is 2.97. The highest BCUT2D eigenvalue weighted by Gasteiger charge is 2.27. The van der Waals surface area contributed by atoms with E-state index < -0.39 is 6.09 Å². The zero-order chi connectivity index (χ0) is 11.0. The Morgan fingerprint density at radius 2 is 2.27 bits per heavy atom. The van der Waals surface area contributed by atoms with Crippen LogP contribution in [0.4, 0.5) is 10.5 Å². The molecule has 0 saturated carbocycles. The number of amides is 1. The molecule has 3 heteroatoms. The summed E-state index contributed by atoms with van der Waals surface area (Å²) in [6, 6.07) is 6.04. The number of nitrogens with zero attached hydrogens (tertiary/aromatic N) is 1. The SMILES string of the molecule is Cc1ccc2c(c1)CC[C@H](C)N2C(=O)O. The van der Waals surface area contributed by atoms with Gasteiger partial charge in [0.15, 0.2) is 0 Å². The second-order valence-electron chi connectivity index (χ2n) is 4.17. The van der Waals surface area contributed by atoms with Crippen LogP contribution in [0.1, 0.15) is 24.5 Å². The van der Waals surface area contributed by atoms with E-state index in [0.29, 0.717) is 0 Å². The molecule has 0 aromatic heterocycles. The Labute approximate surface area is 89.3 Å². The lowest BCUT2D eigenvalue weighted by molar-refractivity contribution is 0.198. The molecule has 1 amide bonds. The van der Waals surface area contributed by atoms with E-state index in [4.69, 9.17) is 5.11 Å². The minimum atomic E-state index is -0.854. The second-order valence-corrected chi connectivity index (χ2v) is 4.17. The van der Waals surface area contributed by atoms with Gasteiger partial charge in [-0.05, 0) is 38.3 Å². The maximum absolute atomic E-state index is 11.1. The lowest BCUT2D eigenvalue weighted by Gasteiger charge is -2.33. The molecule has 0 aliphatic carbocycles. The molecule has 0 fully saturated rings. The maximum Gasteiger partial charge on any atom is 0.412 e. The highest BCUT2D eigenvalue weighted by Crippen LogP contribution is 2.31. The molecule has 0 unspecified atom stereocenters. The Hall–Kier alpha value is -1.51. The van der Waals surface area contributed by atoms with E-state index in [9.17, 15) is 4.79 Å². The van der Waals surface area contributed by atoms with E-state index in [1.54, 1.807) is 0 Å². The molecule has 1 N–H and O–H groups in total. The fourth-order valence-corrected chi connectivity index (χ4v) is 2.17. The first-order valence-corrected chi connectivity index (χ1v) is 5.21. The molecule has 0 radical (unpaired) electrons. The van der Waals surface area contributed by atoms with Crippen LogP contribution in [-0.2, 0) is 6.42 Å². The van der Waals surface area contributed by atoms with E-state index in [1.807, 2.05) is 26.0 Å². The fourth-order valence-electron chi connectivity index (χ4n) is 2.17. The van der Waals surface area contributed by atoms with Crippen molar-refractivity contribution in [1.82, 2.24) is 0 Å². The largest absolute Gasteiger partial charge is 0.465 e. The first kappa shape index (κ1) is 10.0. The molecule has 1 aromatic rings. The maximum atomic E-state index is 11.1. The van der Waals surface area contributed by atoms with Crippen LogP contribution in [0.5, 0.6) is 0 Å². The van der Waals surface area contributed by atoms with Crippen LogP contribution in [0.25, 0.3) is 0 Å². The van der Waals surface area contributed by atoms with Crippen molar-refractivity contribution in [1.29, 1.82) is 0 Å². The molecule has 1 heterocycles. The van der Waals surface area contributed by atoms with E-state index in [-0.39, 0.29) is 6.04 Å². The summed E-state index contributed by atoms with van der Waals surface area (Å²) in [5.74, 6) is 0. The summed E-state index contributed by atoms with van der Waals surface area (Å²) < 4.78 is 0. The monoisotopic (exact) mass is 205 g/mol. The number of fused-ring (bicyclic) bond motifs is 1. The van der Waals surface area contributed by atoms with Gasteiger partial charge in [-0.25, -0.2) is 4.79 Å². The summed E-state index contributed by atoms with van der Waals surface area (Å²) in [4.78, 5) is 12.6. The highest BCUT2D eigenvalue weighted by atomic mass is 16.4. The molecule has 1 aromatic carbocycles. The molecule has 1 atom stereocenters. The van der Waals surface area contributed by atoms with Gasteiger partial charge in [-0.15, -0.1) is 0 Å². The number of anilines is 1. The van der Waals surface area contributed by atoms with Gasteiger partial charge < -0.3 is 5.11 Å². The van der Waals surface area contributed by atoms with E-state index >= 15 is 0 Å². The van der Waals surface area contributed by atoms with Gasteiger partial charge in [-0.2, -0.15) is 0 Å². The summed E-state index contributed by atoms with van der Waals surface area (Å²) in [6.45, 7) is 3.99. The number of carbonyl (C=O) groups is 1. The van der Waals surface area contributed by atoms with Gasteiger partial charge in [0.25, 0.3) is 0 Å². The van der Waals surface area contributed by atoms with Crippen LogP contribution in [0.2, 0.25) is 0 Å². The number of aryl methyl sites for hydroxylation is 2. The average molecular weight is 205 g/mol. The van der Waals surface area contributed by atoms with Crippen molar-refractivity contribution in [3.8, 4) is 0 Å². The lowest BCUT2D eigenvalue weighted by atomic mass is 9.96. The first-order chi connectivity index (χ1) is 7.09. The Kier molecular flexibility index (Phi) is 2.39. The third kappa shape index (κ3) is 1.69. The Bertz CT molecular complexity index is 401. The Morgan fingerprint density at radius 1 is 1.53 bits per heavy atom. The minimum absolute atomic E-state index is 0.0812. The topological polar surface area (TPSA) is 40.5 Å². The summed E-state index contributed by atoms with van der Waals surface area (Å²) in [7, 11) is 0. The van der Waals surface area contributed by atoms with Crippen LogP contribution < -0.4 is 4.90 Å². The van der Waals surface area contributed by atoms with Gasteiger partial charge in [-0.1, -0.05) is 17.7 Å². The van der Waals surface area contributed by atoms with Crippen LogP contribution in [0.3, 0.4) is 0 Å². The molecule has 1 aliphatic rings. The van der Waals surface area contributed by atoms with Gasteiger partial charge in [0.1, 0.15) is 0 Å². The molecule has 2 rings (SSSR count). The molecule has 80 valence electrons. The minimum Gasteiger partial charge on any atom is -0.465 e. The predicted molar refractivity (Wildman–Crippen MR) is 59.5 cm³/mol. The summed E-state index contributed by atoms with van der Waals surface area (Å²) in [5, 5.41) is 9.15. The molecule has 15 heavy (non-hydrogen) atoms. The standard InChI is InChI=1S/C12H15NO2/c1-8-3-6-11-10(7-8)5-4-9(2)13(11)12(14)15/h3,6-7,9H,4-5H2,1-2H3,(H,14,15)/t9-/m0/s1. The van der Waals surface area contributed by atoms with Gasteiger partial charge >= 0.3 is 6.09 Å². The van der Waals surface area contributed by atoms with E-state index in [0.717, 1.165) is 24.1 Å². The van der Waals surface area contributed by atoms with Crippen molar-refractivity contribution in [2.45, 2.75) is 32.7 Å². The quantitative estimate of drug-likeness (QED) is 0.707. The Balaban J connectivity index is 2.48.